The van der Waals surface area contributed by atoms with Gasteiger partial charge in [-0.05, 0) is 37.0 Å². The predicted molar refractivity (Wildman–Crippen MR) is 136 cm³/mol. The maximum absolute atomic E-state index is 13.3. The summed E-state index contributed by atoms with van der Waals surface area (Å²) in [5.74, 6) is 1.71. The van der Waals surface area contributed by atoms with Gasteiger partial charge in [0.25, 0.3) is 0 Å². The van der Waals surface area contributed by atoms with Crippen LogP contribution in [-0.4, -0.2) is 47.9 Å². The summed E-state index contributed by atoms with van der Waals surface area (Å²) < 4.78 is 18.9. The van der Waals surface area contributed by atoms with Gasteiger partial charge in [0, 0.05) is 57.0 Å². The van der Waals surface area contributed by atoms with Gasteiger partial charge in [0.05, 0.1) is 0 Å². The zero-order valence-corrected chi connectivity index (χ0v) is 21.1. The molecule has 7 nitrogen and oxygen atoms in total. The third-order valence-corrected chi connectivity index (χ3v) is 6.04. The number of halogens is 2. The number of nitrogens with zero attached hydrogens (tertiary/aromatic N) is 3. The highest BCUT2D eigenvalue weighted by Gasteiger charge is 2.32. The van der Waals surface area contributed by atoms with Gasteiger partial charge in [0.15, 0.2) is 5.96 Å². The minimum atomic E-state index is -0.351. The Balaban J connectivity index is 0.00000306. The number of amides is 1. The first-order valence-corrected chi connectivity index (χ1v) is 11.2. The third kappa shape index (κ3) is 7.02. The first-order valence-electron chi connectivity index (χ1n) is 11.2. The number of rotatable bonds is 6. The molecule has 2 aromatic rings. The van der Waals surface area contributed by atoms with E-state index < -0.39 is 0 Å². The minimum Gasteiger partial charge on any atom is -0.439 e. The minimum absolute atomic E-state index is 0. The topological polar surface area (TPSA) is 78.9 Å². The second-order valence-electron chi connectivity index (χ2n) is 8.39. The molecular weight excluding hydrogens is 536 g/mol. The number of benzene rings is 1. The van der Waals surface area contributed by atoms with E-state index in [1.165, 1.54) is 25.0 Å². The summed E-state index contributed by atoms with van der Waals surface area (Å²) in [5.41, 5.74) is 0.962. The number of aromatic nitrogens is 1. The highest BCUT2D eigenvalue weighted by molar-refractivity contribution is 14.0. The third-order valence-electron chi connectivity index (χ3n) is 6.04. The molecule has 1 amide bonds. The van der Waals surface area contributed by atoms with E-state index in [1.807, 2.05) is 11.0 Å². The molecule has 1 aliphatic heterocycles. The average molecular weight is 567 g/mol. The fraction of sp³-hybridized carbons (Fsp3) is 0.458. The Kier molecular flexibility index (Phi) is 9.28. The quantitative estimate of drug-likeness (QED) is 0.313. The Hall–Kier alpha value is -2.43. The smallest absolute Gasteiger partial charge is 0.225 e. The van der Waals surface area contributed by atoms with Crippen LogP contribution in [0.5, 0.6) is 11.6 Å². The first-order chi connectivity index (χ1) is 15.6. The molecule has 1 aliphatic carbocycles. The van der Waals surface area contributed by atoms with Gasteiger partial charge in [-0.15, -0.1) is 24.0 Å². The number of pyridine rings is 1. The maximum Gasteiger partial charge on any atom is 0.225 e. The lowest BCUT2D eigenvalue weighted by Gasteiger charge is -2.21. The van der Waals surface area contributed by atoms with Crippen LogP contribution in [0.2, 0.25) is 0 Å². The molecule has 2 aliphatic rings. The molecule has 2 N–H and O–H groups in total. The molecule has 9 heteroatoms. The number of guanidine groups is 1. The van der Waals surface area contributed by atoms with E-state index in [0.29, 0.717) is 30.0 Å². The van der Waals surface area contributed by atoms with Crippen molar-refractivity contribution in [2.45, 2.75) is 44.7 Å². The molecule has 1 aromatic heterocycles. The Labute approximate surface area is 211 Å². The normalized spacial score (nSPS) is 18.7. The van der Waals surface area contributed by atoms with Crippen LogP contribution in [0.1, 0.15) is 37.7 Å². The molecule has 0 bridgehead atoms. The van der Waals surface area contributed by atoms with Gasteiger partial charge in [0.2, 0.25) is 11.8 Å². The van der Waals surface area contributed by atoms with E-state index >= 15 is 0 Å². The Bertz CT molecular complexity index is 950. The molecule has 1 saturated carbocycles. The molecule has 1 atom stereocenters. The van der Waals surface area contributed by atoms with Crippen molar-refractivity contribution in [3.63, 3.8) is 0 Å². The van der Waals surface area contributed by atoms with Crippen molar-refractivity contribution in [1.29, 1.82) is 0 Å². The zero-order chi connectivity index (χ0) is 22.3. The predicted octanol–water partition coefficient (Wildman–Crippen LogP) is 4.09. The Morgan fingerprint density at radius 1 is 1.24 bits per heavy atom. The van der Waals surface area contributed by atoms with Crippen LogP contribution in [0, 0.1) is 11.7 Å². The van der Waals surface area contributed by atoms with Crippen LogP contribution in [0.15, 0.2) is 47.6 Å². The number of carbonyl (C=O) groups excluding carboxylic acids is 1. The zero-order valence-electron chi connectivity index (χ0n) is 18.8. The fourth-order valence-electron chi connectivity index (χ4n) is 4.31. The molecule has 0 spiro atoms. The molecule has 0 radical (unpaired) electrons. The van der Waals surface area contributed by atoms with Crippen molar-refractivity contribution in [3.8, 4) is 11.6 Å². The van der Waals surface area contributed by atoms with Crippen LogP contribution < -0.4 is 15.4 Å². The van der Waals surface area contributed by atoms with E-state index in [1.54, 1.807) is 31.4 Å². The van der Waals surface area contributed by atoms with Crippen molar-refractivity contribution < 1.29 is 13.9 Å². The molecular formula is C24H31FIN5O2. The van der Waals surface area contributed by atoms with Crippen LogP contribution in [0.3, 0.4) is 0 Å². The summed E-state index contributed by atoms with van der Waals surface area (Å²) in [5, 5.41) is 6.72. The maximum atomic E-state index is 13.3. The van der Waals surface area contributed by atoms with Crippen molar-refractivity contribution in [3.05, 3.63) is 54.0 Å². The second kappa shape index (κ2) is 12.2. The Morgan fingerprint density at radius 2 is 2.06 bits per heavy atom. The van der Waals surface area contributed by atoms with Crippen molar-refractivity contribution in [2.75, 3.05) is 20.1 Å². The summed E-state index contributed by atoms with van der Waals surface area (Å²) >= 11 is 0. The van der Waals surface area contributed by atoms with E-state index in [0.717, 1.165) is 37.9 Å². The number of likely N-dealkylation sites (tertiary alicyclic amines) is 1. The van der Waals surface area contributed by atoms with Crippen LogP contribution >= 0.6 is 24.0 Å². The number of hydrogen-bond donors (Lipinski definition) is 2. The van der Waals surface area contributed by atoms with Gasteiger partial charge in [-0.25, -0.2) is 9.37 Å². The number of nitrogens with one attached hydrogen (secondary N) is 2. The van der Waals surface area contributed by atoms with Gasteiger partial charge in [0.1, 0.15) is 11.6 Å². The lowest BCUT2D eigenvalue weighted by Crippen LogP contribution is -2.45. The molecule has 2 fully saturated rings. The molecule has 2 heterocycles. The highest BCUT2D eigenvalue weighted by Crippen LogP contribution is 2.28. The van der Waals surface area contributed by atoms with Crippen LogP contribution in [0.4, 0.5) is 4.39 Å². The molecule has 33 heavy (non-hydrogen) atoms. The van der Waals surface area contributed by atoms with Crippen LogP contribution in [-0.2, 0) is 11.3 Å². The summed E-state index contributed by atoms with van der Waals surface area (Å²) in [7, 11) is 1.74. The average Bonchev–Trinajstić information content (AvgIpc) is 3.50. The highest BCUT2D eigenvalue weighted by atomic mass is 127. The molecule has 178 valence electrons. The monoisotopic (exact) mass is 567 g/mol. The molecule has 1 unspecified atom stereocenters. The number of hydrogen-bond acceptors (Lipinski definition) is 4. The van der Waals surface area contributed by atoms with Gasteiger partial charge < -0.3 is 20.3 Å². The van der Waals surface area contributed by atoms with Crippen molar-refractivity contribution in [2.24, 2.45) is 10.9 Å². The van der Waals surface area contributed by atoms with E-state index in [2.05, 4.69) is 20.6 Å². The lowest BCUT2D eigenvalue weighted by molar-refractivity contribution is -0.134. The van der Waals surface area contributed by atoms with Gasteiger partial charge >= 0.3 is 0 Å². The Morgan fingerprint density at radius 3 is 2.76 bits per heavy atom. The van der Waals surface area contributed by atoms with Crippen molar-refractivity contribution >= 4 is 35.8 Å². The van der Waals surface area contributed by atoms with E-state index in [9.17, 15) is 9.18 Å². The van der Waals surface area contributed by atoms with E-state index in [-0.39, 0.29) is 41.8 Å². The number of ether oxygens (including phenoxy) is 1. The molecule has 4 rings (SSSR count). The summed E-state index contributed by atoms with van der Waals surface area (Å²) in [4.78, 5) is 23.2. The summed E-state index contributed by atoms with van der Waals surface area (Å²) in [6.45, 7) is 2.08. The van der Waals surface area contributed by atoms with Crippen LogP contribution in [0.25, 0.3) is 0 Å². The standard InChI is InChI=1S/C24H30FN5O2.HI/c1-26-24(29-20-11-12-30(16-20)23(31)18-5-2-3-6-18)28-15-17-9-10-22(27-14-17)32-21-8-4-7-19(25)13-21;/h4,7-10,13-14,18,20H,2-3,5-6,11-12,15-16H2,1H3,(H2,26,28,29);1H. The number of aliphatic imine (C=N–C) groups is 1. The molecule has 1 saturated heterocycles. The van der Waals surface area contributed by atoms with Gasteiger partial charge in [-0.2, -0.15) is 0 Å². The number of carbonyl (C=O) groups is 1. The first kappa shape index (κ1) is 25.2. The van der Waals surface area contributed by atoms with E-state index in [4.69, 9.17) is 4.74 Å². The fourth-order valence-corrected chi connectivity index (χ4v) is 4.31. The lowest BCUT2D eigenvalue weighted by atomic mass is 10.1. The van der Waals surface area contributed by atoms with Crippen molar-refractivity contribution in [1.82, 2.24) is 20.5 Å². The summed E-state index contributed by atoms with van der Waals surface area (Å²) in [6.07, 6.45) is 7.07. The van der Waals surface area contributed by atoms with Gasteiger partial charge in [-0.1, -0.05) is 25.0 Å². The second-order valence-corrected chi connectivity index (χ2v) is 8.39. The SMILES string of the molecule is CN=C(NCc1ccc(Oc2cccc(F)c2)nc1)NC1CCN(C(=O)C2CCCC2)C1.I. The molecule has 1 aromatic carbocycles. The largest absolute Gasteiger partial charge is 0.439 e. The van der Waals surface area contributed by atoms with Gasteiger partial charge in [-0.3, -0.25) is 9.79 Å². The summed E-state index contributed by atoms with van der Waals surface area (Å²) in [6, 6.07) is 9.81.